The summed E-state index contributed by atoms with van der Waals surface area (Å²) in [6.07, 6.45) is 0. The third-order valence-corrected chi connectivity index (χ3v) is 3.81. The minimum Gasteiger partial charge on any atom is -0.322 e. The van der Waals surface area contributed by atoms with Crippen LogP contribution in [0.25, 0.3) is 0 Å². The zero-order chi connectivity index (χ0) is 14.5. The molecule has 0 atom stereocenters. The van der Waals surface area contributed by atoms with E-state index in [1.807, 2.05) is 55.5 Å². The molecular formula is C17H19NOS. The van der Waals surface area contributed by atoms with Gasteiger partial charge in [-0.05, 0) is 43.3 Å². The van der Waals surface area contributed by atoms with Crippen molar-refractivity contribution in [2.24, 2.45) is 0 Å². The van der Waals surface area contributed by atoms with Gasteiger partial charge >= 0.3 is 0 Å². The predicted octanol–water partition coefficient (Wildman–Crippen LogP) is 4.75. The Hall–Kier alpha value is -1.74. The minimum absolute atomic E-state index is 0.0741. The van der Waals surface area contributed by atoms with Crippen molar-refractivity contribution in [1.82, 2.24) is 0 Å². The average Bonchev–Trinajstić information content (AvgIpc) is 2.41. The molecule has 0 heterocycles. The number of thioether (sulfide) groups is 1. The van der Waals surface area contributed by atoms with E-state index < -0.39 is 0 Å². The van der Waals surface area contributed by atoms with Crippen molar-refractivity contribution in [2.75, 3.05) is 5.32 Å². The van der Waals surface area contributed by atoms with Crippen LogP contribution in [-0.2, 0) is 0 Å². The van der Waals surface area contributed by atoms with Crippen LogP contribution in [-0.4, -0.2) is 11.2 Å². The van der Waals surface area contributed by atoms with E-state index in [2.05, 4.69) is 19.2 Å². The summed E-state index contributed by atoms with van der Waals surface area (Å²) >= 11 is 1.79. The number of hydrogen-bond donors (Lipinski definition) is 1. The van der Waals surface area contributed by atoms with E-state index in [9.17, 15) is 4.79 Å². The van der Waals surface area contributed by atoms with Gasteiger partial charge in [-0.15, -0.1) is 11.8 Å². The molecule has 3 heteroatoms. The summed E-state index contributed by atoms with van der Waals surface area (Å²) < 4.78 is 0. The van der Waals surface area contributed by atoms with Gasteiger partial charge in [0.25, 0.3) is 5.91 Å². The Morgan fingerprint density at radius 2 is 1.60 bits per heavy atom. The lowest BCUT2D eigenvalue weighted by atomic mass is 10.2. The van der Waals surface area contributed by atoms with Crippen LogP contribution in [0.15, 0.2) is 53.4 Å². The maximum Gasteiger partial charge on any atom is 0.255 e. The van der Waals surface area contributed by atoms with Gasteiger partial charge in [-0.2, -0.15) is 0 Å². The number of rotatable bonds is 4. The topological polar surface area (TPSA) is 29.1 Å². The van der Waals surface area contributed by atoms with Crippen LogP contribution in [0.5, 0.6) is 0 Å². The maximum absolute atomic E-state index is 12.1. The van der Waals surface area contributed by atoms with Gasteiger partial charge in [-0.25, -0.2) is 0 Å². The fourth-order valence-corrected chi connectivity index (χ4v) is 2.63. The highest BCUT2D eigenvalue weighted by molar-refractivity contribution is 7.99. The lowest BCUT2D eigenvalue weighted by Crippen LogP contribution is -2.11. The second-order valence-electron chi connectivity index (χ2n) is 5.01. The van der Waals surface area contributed by atoms with Gasteiger partial charge in [0.15, 0.2) is 0 Å². The van der Waals surface area contributed by atoms with E-state index in [1.165, 1.54) is 10.5 Å². The number of amides is 1. The van der Waals surface area contributed by atoms with Gasteiger partial charge in [0.2, 0.25) is 0 Å². The SMILES string of the molecule is Cc1ccc(NC(=O)c2ccc(SC(C)C)cc2)cc1. The van der Waals surface area contributed by atoms with Crippen LogP contribution in [0.4, 0.5) is 5.69 Å². The van der Waals surface area contributed by atoms with Crippen molar-refractivity contribution < 1.29 is 4.79 Å². The van der Waals surface area contributed by atoms with E-state index in [0.717, 1.165) is 5.69 Å². The van der Waals surface area contributed by atoms with Crippen molar-refractivity contribution in [1.29, 1.82) is 0 Å². The largest absolute Gasteiger partial charge is 0.322 e. The van der Waals surface area contributed by atoms with E-state index >= 15 is 0 Å². The molecule has 20 heavy (non-hydrogen) atoms. The molecule has 0 bridgehead atoms. The van der Waals surface area contributed by atoms with E-state index in [-0.39, 0.29) is 5.91 Å². The van der Waals surface area contributed by atoms with Gasteiger partial charge < -0.3 is 5.32 Å². The average molecular weight is 285 g/mol. The van der Waals surface area contributed by atoms with E-state index in [0.29, 0.717) is 10.8 Å². The zero-order valence-electron chi connectivity index (χ0n) is 12.0. The number of hydrogen-bond acceptors (Lipinski definition) is 2. The molecule has 2 rings (SSSR count). The zero-order valence-corrected chi connectivity index (χ0v) is 12.8. The molecule has 104 valence electrons. The molecule has 0 saturated heterocycles. The van der Waals surface area contributed by atoms with Gasteiger partial charge in [-0.3, -0.25) is 4.79 Å². The summed E-state index contributed by atoms with van der Waals surface area (Å²) in [5, 5.41) is 3.44. The van der Waals surface area contributed by atoms with Crippen molar-refractivity contribution in [3.63, 3.8) is 0 Å². The Kier molecular flexibility index (Phi) is 4.85. The minimum atomic E-state index is -0.0741. The molecule has 1 amide bonds. The van der Waals surface area contributed by atoms with Crippen LogP contribution in [0, 0.1) is 6.92 Å². The van der Waals surface area contributed by atoms with Crippen LogP contribution >= 0.6 is 11.8 Å². The Labute approximate surface area is 124 Å². The summed E-state index contributed by atoms with van der Waals surface area (Å²) in [4.78, 5) is 13.3. The Morgan fingerprint density at radius 3 is 2.15 bits per heavy atom. The third kappa shape index (κ3) is 4.14. The summed E-state index contributed by atoms with van der Waals surface area (Å²) in [5.41, 5.74) is 2.68. The Bertz CT molecular complexity index is 573. The first-order valence-corrected chi connectivity index (χ1v) is 7.57. The van der Waals surface area contributed by atoms with Crippen LogP contribution in [0.3, 0.4) is 0 Å². The summed E-state index contributed by atoms with van der Waals surface area (Å²) in [6, 6.07) is 15.5. The standard InChI is InChI=1S/C17H19NOS/c1-12(2)20-16-10-6-14(7-11-16)17(19)18-15-8-4-13(3)5-9-15/h4-12H,1-3H3,(H,18,19). The van der Waals surface area contributed by atoms with Gasteiger partial charge in [-0.1, -0.05) is 31.5 Å². The summed E-state index contributed by atoms with van der Waals surface area (Å²) in [7, 11) is 0. The van der Waals surface area contributed by atoms with Crippen LogP contribution in [0.1, 0.15) is 29.8 Å². The molecule has 2 nitrogen and oxygen atoms in total. The quantitative estimate of drug-likeness (QED) is 0.821. The highest BCUT2D eigenvalue weighted by atomic mass is 32.2. The van der Waals surface area contributed by atoms with Gasteiger partial charge in [0.1, 0.15) is 0 Å². The third-order valence-electron chi connectivity index (χ3n) is 2.80. The smallest absolute Gasteiger partial charge is 0.255 e. The fraction of sp³-hybridized carbons (Fsp3) is 0.235. The second kappa shape index (κ2) is 6.62. The molecule has 2 aromatic carbocycles. The molecule has 1 N–H and O–H groups in total. The van der Waals surface area contributed by atoms with Crippen molar-refractivity contribution >= 4 is 23.4 Å². The molecule has 0 radical (unpaired) electrons. The number of carbonyl (C=O) groups is 1. The predicted molar refractivity (Wildman–Crippen MR) is 86.6 cm³/mol. The van der Waals surface area contributed by atoms with E-state index in [1.54, 1.807) is 11.8 Å². The number of aryl methyl sites for hydroxylation is 1. The summed E-state index contributed by atoms with van der Waals surface area (Å²) in [6.45, 7) is 6.34. The molecular weight excluding hydrogens is 266 g/mol. The normalized spacial score (nSPS) is 10.6. The number of carbonyl (C=O) groups excluding carboxylic acids is 1. The fourth-order valence-electron chi connectivity index (χ4n) is 1.80. The van der Waals surface area contributed by atoms with E-state index in [4.69, 9.17) is 0 Å². The Balaban J connectivity index is 2.03. The van der Waals surface area contributed by atoms with Gasteiger partial charge in [0, 0.05) is 21.4 Å². The highest BCUT2D eigenvalue weighted by Crippen LogP contribution is 2.23. The van der Waals surface area contributed by atoms with Crippen LogP contribution in [0.2, 0.25) is 0 Å². The summed E-state index contributed by atoms with van der Waals surface area (Å²) in [5.74, 6) is -0.0741. The van der Waals surface area contributed by atoms with Gasteiger partial charge in [0.05, 0.1) is 0 Å². The molecule has 2 aromatic rings. The molecule has 0 unspecified atom stereocenters. The van der Waals surface area contributed by atoms with Crippen LogP contribution < -0.4 is 5.32 Å². The maximum atomic E-state index is 12.1. The first-order valence-electron chi connectivity index (χ1n) is 6.69. The molecule has 0 aliphatic rings. The lowest BCUT2D eigenvalue weighted by molar-refractivity contribution is 0.102. The lowest BCUT2D eigenvalue weighted by Gasteiger charge is -2.07. The molecule has 0 aliphatic heterocycles. The molecule has 0 spiro atoms. The second-order valence-corrected chi connectivity index (χ2v) is 6.66. The number of nitrogens with one attached hydrogen (secondary N) is 1. The van der Waals surface area contributed by atoms with Crippen molar-refractivity contribution in [3.05, 3.63) is 59.7 Å². The first kappa shape index (κ1) is 14.7. The molecule has 0 aromatic heterocycles. The highest BCUT2D eigenvalue weighted by Gasteiger charge is 2.06. The molecule has 0 aliphatic carbocycles. The number of anilines is 1. The first-order chi connectivity index (χ1) is 9.54. The Morgan fingerprint density at radius 1 is 1.00 bits per heavy atom. The monoisotopic (exact) mass is 285 g/mol. The molecule has 0 fully saturated rings. The molecule has 0 saturated carbocycles. The van der Waals surface area contributed by atoms with Crippen molar-refractivity contribution in [3.8, 4) is 0 Å². The van der Waals surface area contributed by atoms with Crippen molar-refractivity contribution in [2.45, 2.75) is 30.9 Å². The number of benzene rings is 2.